The molecule has 0 aliphatic carbocycles. The van der Waals surface area contributed by atoms with Crippen molar-refractivity contribution >= 4 is 23.5 Å². The largest absolute Gasteiger partial charge is 0.373 e. The number of nitriles is 1. The monoisotopic (exact) mass is 522 g/mol. The van der Waals surface area contributed by atoms with Crippen LogP contribution in [0.15, 0.2) is 41.9 Å². The van der Waals surface area contributed by atoms with E-state index >= 15 is 0 Å². The molecule has 0 bridgehead atoms. The Balaban J connectivity index is 1.67. The van der Waals surface area contributed by atoms with E-state index in [1.54, 1.807) is 23.9 Å². The number of carbonyl (C=O) groups is 1. The lowest BCUT2D eigenvalue weighted by atomic mass is 9.90. The molecule has 3 unspecified atom stereocenters. The molecule has 196 valence electrons. The molecule has 0 spiro atoms. The molecule has 0 N–H and O–H groups in total. The number of thioether (sulfide) groups is 1. The summed E-state index contributed by atoms with van der Waals surface area (Å²) in [6.07, 6.45) is 2.85. The quantitative estimate of drug-likeness (QED) is 0.371. The summed E-state index contributed by atoms with van der Waals surface area (Å²) >= 11 is 1.57. The van der Waals surface area contributed by atoms with E-state index in [1.165, 1.54) is 18.2 Å². The number of aromatic nitrogens is 1. The van der Waals surface area contributed by atoms with E-state index in [4.69, 9.17) is 9.72 Å². The minimum atomic E-state index is -0.246. The molecule has 1 fully saturated rings. The highest BCUT2D eigenvalue weighted by atomic mass is 32.2. The molecule has 3 atom stereocenters. The fourth-order valence-corrected chi connectivity index (χ4v) is 6.32. The molecule has 0 radical (unpaired) electrons. The maximum absolute atomic E-state index is 13.3. The lowest BCUT2D eigenvalue weighted by Crippen LogP contribution is -2.58. The second-order valence-electron chi connectivity index (χ2n) is 10.3. The van der Waals surface area contributed by atoms with Gasteiger partial charge in [0.05, 0.1) is 18.3 Å². The van der Waals surface area contributed by atoms with Gasteiger partial charge in [0, 0.05) is 42.9 Å². The van der Waals surface area contributed by atoms with E-state index in [0.29, 0.717) is 37.6 Å². The highest BCUT2D eigenvalue weighted by Crippen LogP contribution is 2.38. The van der Waals surface area contributed by atoms with Crippen molar-refractivity contribution in [2.24, 2.45) is 5.92 Å². The molecule has 37 heavy (non-hydrogen) atoms. The van der Waals surface area contributed by atoms with Gasteiger partial charge in [0.15, 0.2) is 0 Å². The van der Waals surface area contributed by atoms with Gasteiger partial charge in [-0.05, 0) is 55.5 Å². The molecule has 8 heteroatoms. The third-order valence-electron chi connectivity index (χ3n) is 7.25. The van der Waals surface area contributed by atoms with Gasteiger partial charge in [-0.3, -0.25) is 4.79 Å². The predicted octanol–water partition coefficient (Wildman–Crippen LogP) is 5.14. The summed E-state index contributed by atoms with van der Waals surface area (Å²) < 4.78 is 19.5. The molecule has 1 amide bonds. The van der Waals surface area contributed by atoms with Crippen LogP contribution in [0.4, 0.5) is 10.2 Å². The van der Waals surface area contributed by atoms with Gasteiger partial charge in [0.2, 0.25) is 5.91 Å². The first-order valence-corrected chi connectivity index (χ1v) is 13.9. The molecule has 3 heterocycles. The second kappa shape index (κ2) is 11.7. The summed E-state index contributed by atoms with van der Waals surface area (Å²) in [5, 5.41) is 10.9. The van der Waals surface area contributed by atoms with Crippen molar-refractivity contribution in [3.8, 4) is 6.07 Å². The third kappa shape index (κ3) is 5.83. The zero-order chi connectivity index (χ0) is 26.7. The highest BCUT2D eigenvalue weighted by molar-refractivity contribution is 7.99. The van der Waals surface area contributed by atoms with E-state index in [0.717, 1.165) is 39.7 Å². The SMILES string of the molecule is C=CC(=O)N1C(C)CN(c2nc(SCCc3ccc(F)cc3)c(C#N)c3c2COC(C(C)C)C3)CC1C. The molecule has 2 aromatic rings. The Labute approximate surface area is 223 Å². The zero-order valence-electron chi connectivity index (χ0n) is 22.0. The van der Waals surface area contributed by atoms with Crippen molar-refractivity contribution in [2.45, 2.75) is 70.4 Å². The molecule has 6 nitrogen and oxygen atoms in total. The molecular formula is C29H35FN4O2S. The number of hydrogen-bond donors (Lipinski definition) is 0. The number of anilines is 1. The van der Waals surface area contributed by atoms with Gasteiger partial charge in [-0.1, -0.05) is 32.6 Å². The molecule has 2 aliphatic heterocycles. The number of amides is 1. The van der Waals surface area contributed by atoms with Gasteiger partial charge in [0.1, 0.15) is 22.7 Å². The topological polar surface area (TPSA) is 69.5 Å². The summed E-state index contributed by atoms with van der Waals surface area (Å²) in [5.41, 5.74) is 3.70. The Bertz CT molecular complexity index is 1180. The van der Waals surface area contributed by atoms with Crippen molar-refractivity contribution in [2.75, 3.05) is 23.7 Å². The van der Waals surface area contributed by atoms with Crippen LogP contribution in [0.25, 0.3) is 0 Å². The zero-order valence-corrected chi connectivity index (χ0v) is 22.9. The van der Waals surface area contributed by atoms with E-state index < -0.39 is 0 Å². The highest BCUT2D eigenvalue weighted by Gasteiger charge is 2.36. The average Bonchev–Trinajstić information content (AvgIpc) is 2.88. The van der Waals surface area contributed by atoms with Crippen LogP contribution in [0, 0.1) is 23.1 Å². The fourth-order valence-electron chi connectivity index (χ4n) is 5.32. The van der Waals surface area contributed by atoms with Crippen molar-refractivity contribution in [1.29, 1.82) is 5.26 Å². The maximum Gasteiger partial charge on any atom is 0.246 e. The van der Waals surface area contributed by atoms with Gasteiger partial charge in [-0.15, -0.1) is 11.8 Å². The first-order chi connectivity index (χ1) is 17.7. The smallest absolute Gasteiger partial charge is 0.246 e. The number of fused-ring (bicyclic) bond motifs is 1. The minimum absolute atomic E-state index is 0.00940. The number of pyridine rings is 1. The van der Waals surface area contributed by atoms with Crippen molar-refractivity contribution in [3.05, 3.63) is 65.0 Å². The molecule has 1 aromatic carbocycles. The molecular weight excluding hydrogens is 487 g/mol. The van der Waals surface area contributed by atoms with Gasteiger partial charge >= 0.3 is 0 Å². The standard InChI is InChI=1S/C29H35FN4O2S/c1-6-27(35)34-19(4)15-33(16-20(34)5)28-25-17-36-26(18(2)3)13-23(25)24(14-31)29(32-28)37-12-11-21-7-9-22(30)10-8-21/h6-10,18-20,26H,1,11-13,15-17H2,2-5H3. The van der Waals surface area contributed by atoms with Crippen LogP contribution in [0.1, 0.15) is 49.9 Å². The van der Waals surface area contributed by atoms with Gasteiger partial charge in [-0.2, -0.15) is 5.26 Å². The van der Waals surface area contributed by atoms with Crippen LogP contribution in [-0.2, 0) is 29.0 Å². The van der Waals surface area contributed by atoms with E-state index in [2.05, 4.69) is 31.4 Å². The lowest BCUT2D eigenvalue weighted by Gasteiger charge is -2.45. The number of rotatable bonds is 7. The van der Waals surface area contributed by atoms with Crippen molar-refractivity contribution < 1.29 is 13.9 Å². The Morgan fingerprint density at radius 3 is 2.54 bits per heavy atom. The normalized spacial score (nSPS) is 21.5. The van der Waals surface area contributed by atoms with Crippen molar-refractivity contribution in [3.63, 3.8) is 0 Å². The number of nitrogens with zero attached hydrogens (tertiary/aromatic N) is 4. The third-order valence-corrected chi connectivity index (χ3v) is 8.23. The number of carbonyl (C=O) groups excluding carboxylic acids is 1. The first kappa shape index (κ1) is 27.2. The fraction of sp³-hybridized carbons (Fsp3) is 0.483. The van der Waals surface area contributed by atoms with Crippen LogP contribution < -0.4 is 4.90 Å². The van der Waals surface area contributed by atoms with Crippen LogP contribution >= 0.6 is 11.8 Å². The Morgan fingerprint density at radius 2 is 1.95 bits per heavy atom. The Morgan fingerprint density at radius 1 is 1.27 bits per heavy atom. The summed E-state index contributed by atoms with van der Waals surface area (Å²) in [6.45, 7) is 13.7. The number of ether oxygens (including phenoxy) is 1. The second-order valence-corrected chi connectivity index (χ2v) is 11.3. The molecule has 0 saturated carbocycles. The van der Waals surface area contributed by atoms with Gasteiger partial charge in [-0.25, -0.2) is 9.37 Å². The number of aryl methyl sites for hydroxylation is 1. The number of benzene rings is 1. The van der Waals surface area contributed by atoms with Crippen molar-refractivity contribution in [1.82, 2.24) is 9.88 Å². The summed E-state index contributed by atoms with van der Waals surface area (Å²) in [7, 11) is 0. The Kier molecular flexibility index (Phi) is 8.56. The van der Waals surface area contributed by atoms with Crippen LogP contribution in [0.3, 0.4) is 0 Å². The van der Waals surface area contributed by atoms with Gasteiger partial charge in [0.25, 0.3) is 0 Å². The van der Waals surface area contributed by atoms with Crippen LogP contribution in [-0.4, -0.2) is 52.8 Å². The number of halogens is 1. The maximum atomic E-state index is 13.3. The molecule has 2 aliphatic rings. The van der Waals surface area contributed by atoms with Gasteiger partial charge < -0.3 is 14.5 Å². The van der Waals surface area contributed by atoms with Crippen LogP contribution in [0.5, 0.6) is 0 Å². The summed E-state index contributed by atoms with van der Waals surface area (Å²) in [5.74, 6) is 1.60. The summed E-state index contributed by atoms with van der Waals surface area (Å²) in [6, 6.07) is 8.97. The molecule has 4 rings (SSSR count). The lowest BCUT2D eigenvalue weighted by molar-refractivity contribution is -0.130. The summed E-state index contributed by atoms with van der Waals surface area (Å²) in [4.78, 5) is 21.6. The number of hydrogen-bond acceptors (Lipinski definition) is 6. The molecule has 1 aromatic heterocycles. The molecule has 1 saturated heterocycles. The van der Waals surface area contributed by atoms with E-state index in [1.807, 2.05) is 18.7 Å². The minimum Gasteiger partial charge on any atom is -0.373 e. The first-order valence-electron chi connectivity index (χ1n) is 12.9. The predicted molar refractivity (Wildman–Crippen MR) is 145 cm³/mol. The van der Waals surface area contributed by atoms with Crippen LogP contribution in [0.2, 0.25) is 0 Å². The number of piperazine rings is 1. The van der Waals surface area contributed by atoms with E-state index in [-0.39, 0.29) is 29.9 Å². The Hall–Kier alpha value is -2.89. The average molecular weight is 523 g/mol. The van der Waals surface area contributed by atoms with E-state index in [9.17, 15) is 14.4 Å².